The third kappa shape index (κ3) is 6.02. The third-order valence-corrected chi connectivity index (χ3v) is 3.19. The van der Waals surface area contributed by atoms with Crippen molar-refractivity contribution in [3.63, 3.8) is 0 Å². The fourth-order valence-corrected chi connectivity index (χ4v) is 2.01. The topological polar surface area (TPSA) is 62.7 Å². The predicted octanol–water partition coefficient (Wildman–Crippen LogP) is 2.68. The van der Waals surface area contributed by atoms with Gasteiger partial charge in [-0.15, -0.1) is 12.6 Å². The van der Waals surface area contributed by atoms with Gasteiger partial charge in [-0.05, 0) is 0 Å². The zero-order chi connectivity index (χ0) is 17.2. The van der Waals surface area contributed by atoms with Gasteiger partial charge in [-0.2, -0.15) is 0 Å². The van der Waals surface area contributed by atoms with Gasteiger partial charge in [-0.3, -0.25) is 15.6 Å². The van der Waals surface area contributed by atoms with Crippen LogP contribution in [0.15, 0.2) is 65.8 Å². The Labute approximate surface area is 151 Å². The van der Waals surface area contributed by atoms with Crippen molar-refractivity contribution < 1.29 is 9.63 Å². The van der Waals surface area contributed by atoms with Crippen LogP contribution in [0.4, 0.5) is 0 Å². The number of hydrogen-bond acceptors (Lipinski definition) is 4. The highest BCUT2D eigenvalue weighted by Gasteiger charge is 2.07. The average Bonchev–Trinajstić information content (AvgIpc) is 2.61. The summed E-state index contributed by atoms with van der Waals surface area (Å²) in [5.41, 5.74) is 7.44. The minimum atomic E-state index is -0.262. The lowest BCUT2D eigenvalue weighted by Crippen LogP contribution is -2.39. The molecule has 0 saturated heterocycles. The molecule has 7 heteroatoms. The lowest BCUT2D eigenvalue weighted by molar-refractivity contribution is -0.122. The Morgan fingerprint density at radius 3 is 2.04 bits per heavy atom. The normalized spacial score (nSPS) is 9.71. The number of nitrogens with zero attached hydrogens (tertiary/aromatic N) is 1. The average molecular weight is 359 g/mol. The molecule has 124 valence electrons. The van der Waals surface area contributed by atoms with Crippen molar-refractivity contribution in [3.05, 3.63) is 71.8 Å². The number of thiocarbonyl (C=S) groups is 1. The molecule has 0 unspecified atom stereocenters. The van der Waals surface area contributed by atoms with E-state index < -0.39 is 0 Å². The maximum atomic E-state index is 11.5. The second-order valence-electron chi connectivity index (χ2n) is 4.73. The number of hydrazine groups is 1. The van der Waals surface area contributed by atoms with Crippen molar-refractivity contribution in [2.45, 2.75) is 6.42 Å². The first kappa shape index (κ1) is 18.0. The van der Waals surface area contributed by atoms with E-state index in [-0.39, 0.29) is 23.3 Å². The molecule has 2 aromatic carbocycles. The Bertz CT molecular complexity index is 665. The maximum Gasteiger partial charge on any atom is 0.241 e. The highest BCUT2D eigenvalue weighted by molar-refractivity contribution is 8.11. The van der Waals surface area contributed by atoms with Crippen LogP contribution in [0.3, 0.4) is 0 Å². The summed E-state index contributed by atoms with van der Waals surface area (Å²) in [5, 5.41) is 4.21. The van der Waals surface area contributed by atoms with Gasteiger partial charge < -0.3 is 4.84 Å². The van der Waals surface area contributed by atoms with E-state index >= 15 is 0 Å². The van der Waals surface area contributed by atoms with Gasteiger partial charge in [-0.25, -0.2) is 0 Å². The predicted molar refractivity (Wildman–Crippen MR) is 102 cm³/mol. The summed E-state index contributed by atoms with van der Waals surface area (Å²) in [7, 11) is 0. The van der Waals surface area contributed by atoms with E-state index in [1.807, 2.05) is 60.7 Å². The minimum absolute atomic E-state index is 0.143. The van der Waals surface area contributed by atoms with Crippen LogP contribution in [-0.4, -0.2) is 22.5 Å². The van der Waals surface area contributed by atoms with Crippen LogP contribution in [0.1, 0.15) is 17.5 Å². The number of amides is 1. The maximum absolute atomic E-state index is 11.5. The molecule has 1 amide bonds. The van der Waals surface area contributed by atoms with E-state index in [1.54, 1.807) is 0 Å². The van der Waals surface area contributed by atoms with Crippen LogP contribution in [0.5, 0.6) is 0 Å². The molecule has 5 nitrogen and oxygen atoms in total. The molecule has 0 aromatic heterocycles. The summed E-state index contributed by atoms with van der Waals surface area (Å²) in [6.45, 7) is 0.149. The fraction of sp³-hybridized carbons (Fsp3) is 0.118. The first-order chi connectivity index (χ1) is 11.7. The first-order valence-electron chi connectivity index (χ1n) is 7.25. The minimum Gasteiger partial charge on any atom is -0.395 e. The number of nitrogens with one attached hydrogen (secondary N) is 2. The molecule has 0 aliphatic rings. The van der Waals surface area contributed by atoms with E-state index in [0.717, 1.165) is 11.1 Å². The summed E-state index contributed by atoms with van der Waals surface area (Å²) >= 11 is 8.52. The molecule has 0 radical (unpaired) electrons. The quantitative estimate of drug-likeness (QED) is 0.244. The number of carbonyl (C=O) groups is 1. The van der Waals surface area contributed by atoms with Crippen LogP contribution < -0.4 is 10.9 Å². The van der Waals surface area contributed by atoms with Gasteiger partial charge in [-0.1, -0.05) is 78.0 Å². The van der Waals surface area contributed by atoms with Gasteiger partial charge in [0.2, 0.25) is 5.91 Å². The molecule has 0 atom stereocenters. The molecule has 0 fully saturated rings. The Kier molecular flexibility index (Phi) is 7.25. The van der Waals surface area contributed by atoms with Crippen LogP contribution in [0.25, 0.3) is 0 Å². The van der Waals surface area contributed by atoms with Crippen LogP contribution in [0, 0.1) is 0 Å². The van der Waals surface area contributed by atoms with Gasteiger partial charge in [0, 0.05) is 11.1 Å². The Morgan fingerprint density at radius 1 is 1.00 bits per heavy atom. The van der Waals surface area contributed by atoms with Crippen LogP contribution >= 0.6 is 24.8 Å². The van der Waals surface area contributed by atoms with E-state index in [1.165, 1.54) is 0 Å². The second-order valence-corrected chi connectivity index (χ2v) is 5.89. The van der Waals surface area contributed by atoms with E-state index in [2.05, 4.69) is 40.9 Å². The summed E-state index contributed by atoms with van der Waals surface area (Å²) in [6.07, 6.45) is 0.143. The summed E-state index contributed by atoms with van der Waals surface area (Å²) in [6, 6.07) is 19.5. The highest BCUT2D eigenvalue weighted by atomic mass is 32.1. The van der Waals surface area contributed by atoms with Gasteiger partial charge in [0.15, 0.2) is 0 Å². The number of oxime groups is 1. The molecule has 2 N–H and O–H groups in total. The molecular weight excluding hydrogens is 342 g/mol. The van der Waals surface area contributed by atoms with Gasteiger partial charge >= 0.3 is 0 Å². The lowest BCUT2D eigenvalue weighted by atomic mass is 10.0. The van der Waals surface area contributed by atoms with E-state index in [0.29, 0.717) is 5.71 Å². The van der Waals surface area contributed by atoms with E-state index in [4.69, 9.17) is 4.84 Å². The standard InChI is InChI=1S/C17H17N3O2S2/c21-15(18-19-17(23)24)11-12-22-20-16(13-7-3-1-4-8-13)14-9-5-2-6-10-14/h1-10H,11-12H2,(H,18,21)(H2,19,23,24). The Hall–Kier alpha value is -2.38. The van der Waals surface area contributed by atoms with Gasteiger partial charge in [0.1, 0.15) is 16.6 Å². The molecular formula is C17H17N3O2S2. The third-order valence-electron chi connectivity index (χ3n) is 2.98. The smallest absolute Gasteiger partial charge is 0.241 e. The molecule has 0 aliphatic heterocycles. The van der Waals surface area contributed by atoms with Crippen molar-refractivity contribution in [1.82, 2.24) is 10.9 Å². The lowest BCUT2D eigenvalue weighted by Gasteiger charge is -2.08. The molecule has 0 heterocycles. The van der Waals surface area contributed by atoms with E-state index in [9.17, 15) is 4.79 Å². The molecule has 0 spiro atoms. The molecule has 2 aromatic rings. The zero-order valence-corrected chi connectivity index (χ0v) is 14.5. The number of hydrogen-bond donors (Lipinski definition) is 3. The number of thiol groups is 1. The Morgan fingerprint density at radius 2 is 1.54 bits per heavy atom. The number of rotatable bonds is 6. The molecule has 0 aliphatic carbocycles. The summed E-state index contributed by atoms with van der Waals surface area (Å²) in [5.74, 6) is -0.262. The summed E-state index contributed by atoms with van der Waals surface area (Å²) < 4.78 is 0.192. The monoisotopic (exact) mass is 359 g/mol. The molecule has 0 saturated carbocycles. The zero-order valence-electron chi connectivity index (χ0n) is 12.8. The molecule has 2 rings (SSSR count). The number of carbonyl (C=O) groups excluding carboxylic acids is 1. The molecule has 0 bridgehead atoms. The van der Waals surface area contributed by atoms with Crippen LogP contribution in [0.2, 0.25) is 0 Å². The largest absolute Gasteiger partial charge is 0.395 e. The van der Waals surface area contributed by atoms with Crippen molar-refractivity contribution in [1.29, 1.82) is 0 Å². The SMILES string of the molecule is O=C(CCON=C(c1ccccc1)c1ccccc1)NNC(=S)S. The number of benzene rings is 2. The highest BCUT2D eigenvalue weighted by Crippen LogP contribution is 2.11. The Balaban J connectivity index is 1.99. The first-order valence-corrected chi connectivity index (χ1v) is 8.11. The molecule has 24 heavy (non-hydrogen) atoms. The fourth-order valence-electron chi connectivity index (χ4n) is 1.90. The summed E-state index contributed by atoms with van der Waals surface area (Å²) in [4.78, 5) is 16.9. The van der Waals surface area contributed by atoms with Gasteiger partial charge in [0.05, 0.1) is 6.42 Å². The van der Waals surface area contributed by atoms with Crippen molar-refractivity contribution in [2.24, 2.45) is 5.16 Å². The van der Waals surface area contributed by atoms with Crippen LogP contribution in [-0.2, 0) is 9.63 Å². The van der Waals surface area contributed by atoms with Gasteiger partial charge in [0.25, 0.3) is 0 Å². The second kappa shape index (κ2) is 9.69. The van der Waals surface area contributed by atoms with Crippen molar-refractivity contribution in [3.8, 4) is 0 Å². The van der Waals surface area contributed by atoms with Crippen molar-refractivity contribution in [2.75, 3.05) is 6.61 Å². The van der Waals surface area contributed by atoms with Crippen molar-refractivity contribution >= 4 is 40.8 Å².